The zero-order valence-corrected chi connectivity index (χ0v) is 23.5. The normalized spacial score (nSPS) is 29.9. The first-order valence-corrected chi connectivity index (χ1v) is 13.5. The van der Waals surface area contributed by atoms with E-state index in [2.05, 4.69) is 81.2 Å². The third kappa shape index (κ3) is 8.02. The Bertz CT molecular complexity index is 562. The summed E-state index contributed by atoms with van der Waals surface area (Å²) >= 11 is 0. The van der Waals surface area contributed by atoms with Gasteiger partial charge in [-0.05, 0) is 103 Å². The van der Waals surface area contributed by atoms with Gasteiger partial charge in [0.25, 0.3) is 0 Å². The molecule has 0 spiro atoms. The minimum Gasteiger partial charge on any atom is -0.321 e. The van der Waals surface area contributed by atoms with E-state index in [0.29, 0.717) is 21.9 Å². The molecule has 0 bridgehead atoms. The lowest BCUT2D eigenvalue weighted by Gasteiger charge is -2.53. The summed E-state index contributed by atoms with van der Waals surface area (Å²) in [5.41, 5.74) is 1.60. The molecule has 2 fully saturated rings. The molecule has 0 saturated carbocycles. The zero-order chi connectivity index (χ0) is 23.7. The Labute approximate surface area is 197 Å². The standard InChI is InChI=1S/C29H59N2/c1-26(2,3)20-25-15-13-19-31(11,23-25)29(9,10)17-16-28(7,8)21-24-14-12-18-30(22-24)27(4,5)6/h24-25H,12-23H2,1-11H3/q+1. The number of nitrogens with zero attached hydrogens (tertiary/aromatic N) is 2. The van der Waals surface area contributed by atoms with Crippen molar-refractivity contribution >= 4 is 0 Å². The molecule has 2 aliphatic heterocycles. The highest BCUT2D eigenvalue weighted by molar-refractivity contribution is 4.86. The van der Waals surface area contributed by atoms with E-state index in [9.17, 15) is 0 Å². The van der Waals surface area contributed by atoms with Crippen molar-refractivity contribution in [3.05, 3.63) is 0 Å². The smallest absolute Gasteiger partial charge is 0.0933 e. The van der Waals surface area contributed by atoms with Crippen LogP contribution in [0.25, 0.3) is 0 Å². The second-order valence-corrected chi connectivity index (χ2v) is 15.4. The van der Waals surface area contributed by atoms with E-state index in [1.54, 1.807) is 0 Å². The van der Waals surface area contributed by atoms with Crippen molar-refractivity contribution in [2.24, 2.45) is 22.7 Å². The van der Waals surface area contributed by atoms with Crippen molar-refractivity contribution in [1.82, 2.24) is 4.90 Å². The number of hydrogen-bond acceptors (Lipinski definition) is 1. The fourth-order valence-electron chi connectivity index (χ4n) is 6.70. The number of likely N-dealkylation sites (tertiary alicyclic amines) is 2. The van der Waals surface area contributed by atoms with Gasteiger partial charge >= 0.3 is 0 Å². The van der Waals surface area contributed by atoms with E-state index in [4.69, 9.17) is 0 Å². The lowest BCUT2D eigenvalue weighted by molar-refractivity contribution is -0.963. The molecule has 0 aliphatic carbocycles. The highest BCUT2D eigenvalue weighted by Crippen LogP contribution is 2.42. The van der Waals surface area contributed by atoms with Crippen LogP contribution in [-0.2, 0) is 0 Å². The molecule has 2 saturated heterocycles. The van der Waals surface area contributed by atoms with E-state index in [0.717, 1.165) is 11.8 Å². The molecule has 3 unspecified atom stereocenters. The van der Waals surface area contributed by atoms with Gasteiger partial charge in [0, 0.05) is 24.4 Å². The molecule has 2 aliphatic rings. The Morgan fingerprint density at radius 2 is 1.39 bits per heavy atom. The van der Waals surface area contributed by atoms with Crippen LogP contribution in [0, 0.1) is 22.7 Å². The largest absolute Gasteiger partial charge is 0.321 e. The summed E-state index contributed by atoms with van der Waals surface area (Å²) < 4.78 is 1.28. The van der Waals surface area contributed by atoms with E-state index in [1.165, 1.54) is 82.0 Å². The molecule has 3 atom stereocenters. The SMILES string of the molecule is CC(C)(C)CC1CCC[N+](C)(C(C)(C)CCC(C)(C)CC2CCCN(C(C)(C)C)C2)C1. The average Bonchev–Trinajstić information content (AvgIpc) is 2.58. The van der Waals surface area contributed by atoms with Crippen LogP contribution in [0.5, 0.6) is 0 Å². The Balaban J connectivity index is 1.94. The fraction of sp³-hybridized carbons (Fsp3) is 1.00. The third-order valence-corrected chi connectivity index (χ3v) is 9.01. The van der Waals surface area contributed by atoms with Crippen LogP contribution in [0.4, 0.5) is 0 Å². The molecule has 184 valence electrons. The Morgan fingerprint density at radius 3 is 1.97 bits per heavy atom. The molecule has 0 aromatic heterocycles. The zero-order valence-electron chi connectivity index (χ0n) is 23.5. The van der Waals surface area contributed by atoms with Crippen molar-refractivity contribution in [2.45, 2.75) is 132 Å². The Kier molecular flexibility index (Phi) is 8.46. The minimum absolute atomic E-state index is 0.321. The van der Waals surface area contributed by atoms with E-state index < -0.39 is 0 Å². The van der Waals surface area contributed by atoms with Gasteiger partial charge in [-0.1, -0.05) is 34.6 Å². The van der Waals surface area contributed by atoms with Crippen molar-refractivity contribution in [2.75, 3.05) is 33.2 Å². The predicted molar refractivity (Wildman–Crippen MR) is 138 cm³/mol. The van der Waals surface area contributed by atoms with Gasteiger partial charge in [-0.25, -0.2) is 0 Å². The summed E-state index contributed by atoms with van der Waals surface area (Å²) in [6.45, 7) is 30.0. The Hall–Kier alpha value is -0.0800. The van der Waals surface area contributed by atoms with Gasteiger partial charge in [-0.3, -0.25) is 4.90 Å². The first kappa shape index (κ1) is 27.2. The molecule has 2 heteroatoms. The molecule has 0 amide bonds. The second kappa shape index (κ2) is 9.65. The summed E-state index contributed by atoms with van der Waals surface area (Å²) in [5, 5.41) is 0. The van der Waals surface area contributed by atoms with Crippen molar-refractivity contribution in [3.8, 4) is 0 Å². The Morgan fingerprint density at radius 1 is 0.774 bits per heavy atom. The van der Waals surface area contributed by atoms with Crippen LogP contribution in [0.1, 0.15) is 121 Å². The van der Waals surface area contributed by atoms with Gasteiger partial charge in [-0.2, -0.15) is 0 Å². The van der Waals surface area contributed by atoms with E-state index in [1.807, 2.05) is 0 Å². The molecule has 0 N–H and O–H groups in total. The first-order chi connectivity index (χ1) is 13.9. The van der Waals surface area contributed by atoms with Gasteiger partial charge in [-0.15, -0.1) is 0 Å². The average molecular weight is 436 g/mol. The maximum Gasteiger partial charge on any atom is 0.0933 e. The number of rotatable bonds is 7. The third-order valence-electron chi connectivity index (χ3n) is 9.01. The molecule has 2 heterocycles. The molecular formula is C29H59N2+. The van der Waals surface area contributed by atoms with Gasteiger partial charge in [0.05, 0.1) is 25.7 Å². The van der Waals surface area contributed by atoms with E-state index >= 15 is 0 Å². The predicted octanol–water partition coefficient (Wildman–Crippen LogP) is 7.76. The van der Waals surface area contributed by atoms with Crippen LogP contribution < -0.4 is 0 Å². The first-order valence-electron chi connectivity index (χ1n) is 13.5. The van der Waals surface area contributed by atoms with Crippen LogP contribution in [0.2, 0.25) is 0 Å². The van der Waals surface area contributed by atoms with Crippen LogP contribution in [0.15, 0.2) is 0 Å². The van der Waals surface area contributed by atoms with Gasteiger partial charge in [0.2, 0.25) is 0 Å². The summed E-state index contributed by atoms with van der Waals surface area (Å²) in [6, 6.07) is 0. The van der Waals surface area contributed by atoms with Crippen molar-refractivity contribution < 1.29 is 4.48 Å². The number of hydrogen-bond donors (Lipinski definition) is 0. The topological polar surface area (TPSA) is 3.24 Å². The molecule has 0 radical (unpaired) electrons. The lowest BCUT2D eigenvalue weighted by Crippen LogP contribution is -2.63. The van der Waals surface area contributed by atoms with E-state index in [-0.39, 0.29) is 0 Å². The summed E-state index contributed by atoms with van der Waals surface area (Å²) in [5.74, 6) is 1.78. The molecule has 2 nitrogen and oxygen atoms in total. The quantitative estimate of drug-likeness (QED) is 0.369. The van der Waals surface area contributed by atoms with Crippen molar-refractivity contribution in [1.29, 1.82) is 0 Å². The molecular weight excluding hydrogens is 376 g/mol. The minimum atomic E-state index is 0.321. The summed E-state index contributed by atoms with van der Waals surface area (Å²) in [6.07, 6.45) is 11.2. The van der Waals surface area contributed by atoms with Crippen LogP contribution in [-0.4, -0.2) is 53.7 Å². The summed E-state index contributed by atoms with van der Waals surface area (Å²) in [7, 11) is 2.57. The molecule has 31 heavy (non-hydrogen) atoms. The fourth-order valence-corrected chi connectivity index (χ4v) is 6.70. The molecule has 2 rings (SSSR count). The highest BCUT2D eigenvalue weighted by atomic mass is 15.4. The maximum absolute atomic E-state index is 2.73. The van der Waals surface area contributed by atoms with Gasteiger partial charge < -0.3 is 4.48 Å². The van der Waals surface area contributed by atoms with Crippen molar-refractivity contribution in [3.63, 3.8) is 0 Å². The second-order valence-electron chi connectivity index (χ2n) is 15.4. The van der Waals surface area contributed by atoms with Crippen LogP contribution in [0.3, 0.4) is 0 Å². The lowest BCUT2D eigenvalue weighted by atomic mass is 9.73. The monoisotopic (exact) mass is 435 g/mol. The summed E-state index contributed by atoms with van der Waals surface area (Å²) in [4.78, 5) is 2.73. The maximum atomic E-state index is 2.73. The highest BCUT2D eigenvalue weighted by Gasteiger charge is 2.45. The molecule has 0 aromatic carbocycles. The van der Waals surface area contributed by atoms with Gasteiger partial charge in [0.15, 0.2) is 0 Å². The number of quaternary nitrogens is 1. The molecule has 0 aromatic rings. The van der Waals surface area contributed by atoms with Gasteiger partial charge in [0.1, 0.15) is 0 Å². The van der Waals surface area contributed by atoms with Crippen LogP contribution >= 0.6 is 0 Å². The number of piperidine rings is 2.